The number of rotatable bonds is 5. The summed E-state index contributed by atoms with van der Waals surface area (Å²) in [6.45, 7) is 0. The lowest BCUT2D eigenvalue weighted by Gasteiger charge is -2.11. The molecule has 0 amide bonds. The average molecular weight is 659 g/mol. The molecule has 2 aromatic heterocycles. The van der Waals surface area contributed by atoms with Crippen LogP contribution in [0, 0.1) is 0 Å². The Balaban J connectivity index is 1.23. The van der Waals surface area contributed by atoms with Crippen molar-refractivity contribution in [1.29, 1.82) is 0 Å². The van der Waals surface area contributed by atoms with Crippen molar-refractivity contribution in [3.8, 4) is 44.8 Å². The van der Waals surface area contributed by atoms with E-state index in [1.54, 1.807) is 59.2 Å². The molecule has 0 spiro atoms. The molecule has 50 heavy (non-hydrogen) atoms. The molecule has 0 unspecified atom stereocenters. The third kappa shape index (κ3) is 4.57. The topological polar surface area (TPSA) is 9.86 Å². The van der Waals surface area contributed by atoms with E-state index < -0.39 is 138 Å². The highest BCUT2D eigenvalue weighted by atomic mass is 15.0. The zero-order valence-electron chi connectivity index (χ0n) is 47.7. The van der Waals surface area contributed by atoms with Gasteiger partial charge in [0, 0.05) is 32.9 Å². The van der Waals surface area contributed by atoms with Crippen LogP contribution in [0.5, 0.6) is 0 Å². The van der Waals surface area contributed by atoms with E-state index in [2.05, 4.69) is 0 Å². The van der Waals surface area contributed by atoms with Gasteiger partial charge >= 0.3 is 0 Å². The van der Waals surface area contributed by atoms with Crippen molar-refractivity contribution >= 4 is 43.6 Å². The molecule has 0 bridgehead atoms. The number of benzene rings is 8. The maximum absolute atomic E-state index is 9.25. The second kappa shape index (κ2) is 11.5. The molecule has 0 N–H and O–H groups in total. The van der Waals surface area contributed by atoms with Gasteiger partial charge in [0.2, 0.25) is 0 Å². The molecule has 2 nitrogen and oxygen atoms in total. The van der Waals surface area contributed by atoms with Gasteiger partial charge in [0.05, 0.1) is 52.2 Å². The van der Waals surface area contributed by atoms with Crippen LogP contribution >= 0.6 is 0 Å². The van der Waals surface area contributed by atoms with E-state index in [0.717, 1.165) is 0 Å². The molecule has 234 valence electrons. The van der Waals surface area contributed by atoms with E-state index in [4.69, 9.17) is 27.4 Å². The Kier molecular flexibility index (Phi) is 3.24. The van der Waals surface area contributed by atoms with E-state index in [1.165, 1.54) is 10.6 Å². The molecule has 0 aliphatic heterocycles. The van der Waals surface area contributed by atoms with Crippen LogP contribution in [-0.2, 0) is 0 Å². The number of aromatic nitrogens is 2. The predicted molar refractivity (Wildman–Crippen MR) is 211 cm³/mol. The van der Waals surface area contributed by atoms with Gasteiger partial charge in [-0.1, -0.05) is 133 Å². The zero-order chi connectivity index (χ0) is 52.2. The van der Waals surface area contributed by atoms with Crippen molar-refractivity contribution in [3.05, 3.63) is 194 Å². The van der Waals surface area contributed by atoms with Gasteiger partial charge in [-0.15, -0.1) is 0 Å². The quantitative estimate of drug-likeness (QED) is 0.174. The van der Waals surface area contributed by atoms with E-state index in [0.29, 0.717) is 27.7 Å². The van der Waals surface area contributed by atoms with Crippen molar-refractivity contribution in [2.45, 2.75) is 0 Å². The van der Waals surface area contributed by atoms with Crippen LogP contribution in [0.1, 0.15) is 30.2 Å². The lowest BCUT2D eigenvalue weighted by Crippen LogP contribution is -1.94. The van der Waals surface area contributed by atoms with Gasteiger partial charge < -0.3 is 9.13 Å². The molecule has 2 heteroatoms. The first-order valence-corrected chi connectivity index (χ1v) is 15.4. The minimum Gasteiger partial charge on any atom is -0.309 e. The predicted octanol–water partition coefficient (Wildman–Crippen LogP) is 12.9. The summed E-state index contributed by atoms with van der Waals surface area (Å²) in [5.41, 5.74) is 0.268. The van der Waals surface area contributed by atoms with Gasteiger partial charge in [-0.3, -0.25) is 0 Å². The summed E-state index contributed by atoms with van der Waals surface area (Å²) in [7, 11) is 0. The minimum absolute atomic E-state index is 0.0461. The van der Waals surface area contributed by atoms with Gasteiger partial charge in [0.15, 0.2) is 0 Å². The molecule has 2 heterocycles. The highest BCUT2D eigenvalue weighted by molar-refractivity contribution is 6.12. The van der Waals surface area contributed by atoms with Crippen LogP contribution in [0.4, 0.5) is 0 Å². The van der Waals surface area contributed by atoms with Gasteiger partial charge in [0.1, 0.15) is 0 Å². The van der Waals surface area contributed by atoms with E-state index in [-0.39, 0.29) is 55.9 Å². The van der Waals surface area contributed by atoms with Gasteiger partial charge in [-0.25, -0.2) is 0 Å². The van der Waals surface area contributed by atoms with E-state index in [1.807, 2.05) is 0 Å². The summed E-state index contributed by atoms with van der Waals surface area (Å²) in [5, 5.41) is 0.633. The third-order valence-electron chi connectivity index (χ3n) is 8.61. The fourth-order valence-electron chi connectivity index (χ4n) is 6.41. The van der Waals surface area contributed by atoms with Gasteiger partial charge in [-0.2, -0.15) is 0 Å². The largest absolute Gasteiger partial charge is 0.309 e. The van der Waals surface area contributed by atoms with Crippen molar-refractivity contribution in [2.24, 2.45) is 0 Å². The van der Waals surface area contributed by atoms with Crippen LogP contribution in [0.15, 0.2) is 194 Å². The standard InChI is InChI=1S/C48H32N2/c1-3-12-33(13-4-1)35-22-26-39(27-23-35)49-45-20-9-7-18-41(45)43-31-37(24-28-47(43)49)38-25-29-48-44(32-38)42-19-8-10-21-46(42)50(48)40-17-11-16-36(30-40)34-14-5-2-6-15-34/h1-32H/i1D,2D,3D,4D,5D,6D,7D,8D,9D,10D,12D,13D,14D,15D,18D,19D,20D,21D,22D,23D,26D,27D. The first kappa shape index (κ1) is 14.1. The molecule has 8 aromatic carbocycles. The Morgan fingerprint density at radius 3 is 1.34 bits per heavy atom. The second-order valence-corrected chi connectivity index (χ2v) is 11.4. The average Bonchev–Trinajstić information content (AvgIpc) is 3.89. The Bertz CT molecular complexity index is 4050. The Morgan fingerprint density at radius 2 is 0.760 bits per heavy atom. The normalized spacial score (nSPS) is 17.8. The molecular weight excluding hydrogens is 605 g/mol. The van der Waals surface area contributed by atoms with Crippen molar-refractivity contribution < 1.29 is 30.2 Å². The lowest BCUT2D eigenvalue weighted by molar-refractivity contribution is 1.18. The molecule has 0 saturated heterocycles. The summed E-state index contributed by atoms with van der Waals surface area (Å²) in [6.07, 6.45) is 0. The maximum atomic E-state index is 9.25. The highest BCUT2D eigenvalue weighted by Crippen LogP contribution is 2.39. The van der Waals surface area contributed by atoms with Crippen molar-refractivity contribution in [2.75, 3.05) is 0 Å². The van der Waals surface area contributed by atoms with Crippen LogP contribution in [0.3, 0.4) is 0 Å². The van der Waals surface area contributed by atoms with Crippen LogP contribution in [-0.4, -0.2) is 9.13 Å². The lowest BCUT2D eigenvalue weighted by atomic mass is 10.0. The van der Waals surface area contributed by atoms with Gasteiger partial charge in [0.25, 0.3) is 0 Å². The molecule has 0 aliphatic rings. The minimum atomic E-state index is -0.775. The van der Waals surface area contributed by atoms with E-state index in [9.17, 15) is 2.74 Å². The number of hydrogen-bond acceptors (Lipinski definition) is 0. The number of fused-ring (bicyclic) bond motifs is 6. The Hall–Kier alpha value is -6.64. The summed E-state index contributed by atoms with van der Waals surface area (Å²) in [6, 6.07) is 2.83. The first-order valence-electron chi connectivity index (χ1n) is 26.4. The molecule has 10 rings (SSSR count). The molecule has 0 atom stereocenters. The summed E-state index contributed by atoms with van der Waals surface area (Å²) in [5.74, 6) is 0. The summed E-state index contributed by atoms with van der Waals surface area (Å²) < 4.78 is 194. The number of hydrogen-bond donors (Lipinski definition) is 0. The molecule has 0 saturated carbocycles. The van der Waals surface area contributed by atoms with Crippen molar-refractivity contribution in [1.82, 2.24) is 9.13 Å². The smallest absolute Gasteiger partial charge is 0.0645 e. The van der Waals surface area contributed by atoms with Crippen LogP contribution in [0.2, 0.25) is 0 Å². The number of para-hydroxylation sites is 2. The Morgan fingerprint density at radius 1 is 0.300 bits per heavy atom. The molecule has 0 radical (unpaired) electrons. The molecule has 10 aromatic rings. The van der Waals surface area contributed by atoms with Gasteiger partial charge in [-0.05, 0) is 93.9 Å². The fraction of sp³-hybridized carbons (Fsp3) is 0. The fourth-order valence-corrected chi connectivity index (χ4v) is 6.41. The SMILES string of the molecule is [2H]c1c([2H])c([2H])c(-c2cccc(-n3c4ccc(-c5ccc6c(c5)c5c([2H])c([2H])c([2H])c([2H])c5n6-c5c([2H])c([2H])c(-c6c([2H])c([2H])c([2H])c([2H])c6[2H])c([2H])c5[2H])cc4c4c([2H])c([2H])c([2H])c([2H])c43)c2)c([2H])c1[2H]. The second-order valence-electron chi connectivity index (χ2n) is 11.4. The summed E-state index contributed by atoms with van der Waals surface area (Å²) in [4.78, 5) is 0. The molecule has 0 aliphatic carbocycles. The van der Waals surface area contributed by atoms with Crippen LogP contribution in [0.25, 0.3) is 88.4 Å². The van der Waals surface area contributed by atoms with E-state index >= 15 is 0 Å². The van der Waals surface area contributed by atoms with Crippen LogP contribution < -0.4 is 0 Å². The van der Waals surface area contributed by atoms with Crippen molar-refractivity contribution in [3.63, 3.8) is 0 Å². The summed E-state index contributed by atoms with van der Waals surface area (Å²) >= 11 is 0. The maximum Gasteiger partial charge on any atom is 0.0645 e. The number of nitrogens with zero attached hydrogens (tertiary/aromatic N) is 2. The molecule has 0 fully saturated rings. The first-order chi connectivity index (χ1) is 33.9. The zero-order valence-corrected chi connectivity index (χ0v) is 25.7. The highest BCUT2D eigenvalue weighted by Gasteiger charge is 2.16. The third-order valence-corrected chi connectivity index (χ3v) is 8.61. The molecular formula is C48H32N2. The Labute approximate surface area is 321 Å². The monoisotopic (exact) mass is 658 g/mol.